The van der Waals surface area contributed by atoms with Gasteiger partial charge in [0, 0.05) is 0 Å². The SMILES string of the molecule is CC(C)(C(=O)O)C1Cc2cccc(F)c2C1. The lowest BCUT2D eigenvalue weighted by Crippen LogP contribution is -2.33. The summed E-state index contributed by atoms with van der Waals surface area (Å²) in [6, 6.07) is 5.01. The molecular weight excluding hydrogens is 207 g/mol. The van der Waals surface area contributed by atoms with Crippen LogP contribution in [0.15, 0.2) is 18.2 Å². The van der Waals surface area contributed by atoms with Crippen LogP contribution in [-0.4, -0.2) is 11.1 Å². The first-order valence-corrected chi connectivity index (χ1v) is 5.42. The van der Waals surface area contributed by atoms with E-state index in [1.54, 1.807) is 19.9 Å². The van der Waals surface area contributed by atoms with Crippen molar-refractivity contribution in [3.8, 4) is 0 Å². The molecule has 0 radical (unpaired) electrons. The molecule has 0 aliphatic heterocycles. The van der Waals surface area contributed by atoms with Crippen LogP contribution in [0.3, 0.4) is 0 Å². The van der Waals surface area contributed by atoms with Crippen LogP contribution in [0, 0.1) is 17.2 Å². The lowest BCUT2D eigenvalue weighted by molar-refractivity contribution is -0.149. The number of hydrogen-bond donors (Lipinski definition) is 1. The zero-order valence-electron chi connectivity index (χ0n) is 9.46. The molecule has 1 N–H and O–H groups in total. The van der Waals surface area contributed by atoms with E-state index in [9.17, 15) is 9.18 Å². The Hall–Kier alpha value is -1.38. The molecule has 0 fully saturated rings. The van der Waals surface area contributed by atoms with E-state index < -0.39 is 11.4 Å². The molecule has 86 valence electrons. The van der Waals surface area contributed by atoms with Crippen LogP contribution in [0.4, 0.5) is 4.39 Å². The Bertz CT molecular complexity index is 438. The van der Waals surface area contributed by atoms with Gasteiger partial charge in [0.25, 0.3) is 0 Å². The van der Waals surface area contributed by atoms with Gasteiger partial charge in [-0.3, -0.25) is 4.79 Å². The molecule has 0 heterocycles. The van der Waals surface area contributed by atoms with Crippen LogP contribution in [0.1, 0.15) is 25.0 Å². The third kappa shape index (κ3) is 1.60. The highest BCUT2D eigenvalue weighted by Crippen LogP contribution is 2.39. The highest BCUT2D eigenvalue weighted by atomic mass is 19.1. The van der Waals surface area contributed by atoms with Crippen molar-refractivity contribution in [1.29, 1.82) is 0 Å². The predicted molar refractivity (Wildman–Crippen MR) is 58.7 cm³/mol. The molecular formula is C13H15FO2. The van der Waals surface area contributed by atoms with Crippen molar-refractivity contribution in [3.05, 3.63) is 35.1 Å². The van der Waals surface area contributed by atoms with Gasteiger partial charge in [-0.2, -0.15) is 0 Å². The molecule has 0 aromatic heterocycles. The lowest BCUT2D eigenvalue weighted by atomic mass is 9.77. The maximum Gasteiger partial charge on any atom is 0.309 e. The fourth-order valence-corrected chi connectivity index (χ4v) is 2.29. The van der Waals surface area contributed by atoms with Gasteiger partial charge in [0.1, 0.15) is 5.82 Å². The summed E-state index contributed by atoms with van der Waals surface area (Å²) in [5.41, 5.74) is 0.854. The van der Waals surface area contributed by atoms with Crippen molar-refractivity contribution in [2.75, 3.05) is 0 Å². The maximum absolute atomic E-state index is 13.5. The second-order valence-corrected chi connectivity index (χ2v) is 5.01. The van der Waals surface area contributed by atoms with E-state index in [2.05, 4.69) is 0 Å². The standard InChI is InChI=1S/C13H15FO2/c1-13(2,12(15)16)9-6-8-4-3-5-11(14)10(8)7-9/h3-5,9H,6-7H2,1-2H3,(H,15,16). The van der Waals surface area contributed by atoms with Crippen molar-refractivity contribution in [3.63, 3.8) is 0 Å². The van der Waals surface area contributed by atoms with Gasteiger partial charge >= 0.3 is 5.97 Å². The monoisotopic (exact) mass is 222 g/mol. The second kappa shape index (κ2) is 3.58. The zero-order chi connectivity index (χ0) is 11.9. The first kappa shape index (κ1) is 11.1. The van der Waals surface area contributed by atoms with E-state index in [-0.39, 0.29) is 11.7 Å². The van der Waals surface area contributed by atoms with Crippen LogP contribution in [0.5, 0.6) is 0 Å². The molecule has 1 aliphatic rings. The molecule has 0 saturated carbocycles. The van der Waals surface area contributed by atoms with E-state index >= 15 is 0 Å². The molecule has 1 unspecified atom stereocenters. The molecule has 3 heteroatoms. The number of halogens is 1. The molecule has 1 aromatic carbocycles. The summed E-state index contributed by atoms with van der Waals surface area (Å²) in [6.45, 7) is 3.42. The highest BCUT2D eigenvalue weighted by Gasteiger charge is 2.40. The highest BCUT2D eigenvalue weighted by molar-refractivity contribution is 5.74. The Morgan fingerprint density at radius 2 is 2.12 bits per heavy atom. The van der Waals surface area contributed by atoms with Gasteiger partial charge in [-0.15, -0.1) is 0 Å². The van der Waals surface area contributed by atoms with E-state index in [0.717, 1.165) is 5.56 Å². The van der Waals surface area contributed by atoms with Gasteiger partial charge in [-0.05, 0) is 49.8 Å². The third-order valence-electron chi connectivity index (χ3n) is 3.70. The smallest absolute Gasteiger partial charge is 0.309 e. The molecule has 1 aliphatic carbocycles. The van der Waals surface area contributed by atoms with Crippen LogP contribution >= 0.6 is 0 Å². The predicted octanol–water partition coefficient (Wildman–Crippen LogP) is 2.65. The average molecular weight is 222 g/mol. The summed E-state index contributed by atoms with van der Waals surface area (Å²) in [6.07, 6.45) is 1.19. The Morgan fingerprint density at radius 3 is 2.69 bits per heavy atom. The Balaban J connectivity index is 2.30. The number of fused-ring (bicyclic) bond motifs is 1. The first-order chi connectivity index (χ1) is 7.43. The van der Waals surface area contributed by atoms with Gasteiger partial charge in [-0.25, -0.2) is 4.39 Å². The first-order valence-electron chi connectivity index (χ1n) is 5.42. The topological polar surface area (TPSA) is 37.3 Å². The van der Waals surface area contributed by atoms with E-state index in [4.69, 9.17) is 5.11 Å². The quantitative estimate of drug-likeness (QED) is 0.835. The number of carbonyl (C=O) groups is 1. The number of rotatable bonds is 2. The molecule has 0 amide bonds. The van der Waals surface area contributed by atoms with Crippen LogP contribution in [0.25, 0.3) is 0 Å². The Kier molecular flexibility index (Phi) is 2.49. The van der Waals surface area contributed by atoms with E-state index in [1.165, 1.54) is 6.07 Å². The second-order valence-electron chi connectivity index (χ2n) is 5.01. The molecule has 2 rings (SSSR count). The van der Waals surface area contributed by atoms with Crippen LogP contribution < -0.4 is 0 Å². The van der Waals surface area contributed by atoms with E-state index in [1.807, 2.05) is 6.07 Å². The summed E-state index contributed by atoms with van der Waals surface area (Å²) in [4.78, 5) is 11.2. The van der Waals surface area contributed by atoms with Crippen molar-refractivity contribution in [2.24, 2.45) is 11.3 Å². The molecule has 1 aromatic rings. The molecule has 16 heavy (non-hydrogen) atoms. The molecule has 0 spiro atoms. The fourth-order valence-electron chi connectivity index (χ4n) is 2.29. The summed E-state index contributed by atoms with van der Waals surface area (Å²) in [5.74, 6) is -1.04. The van der Waals surface area contributed by atoms with Crippen LogP contribution in [0.2, 0.25) is 0 Å². The summed E-state index contributed by atoms with van der Waals surface area (Å²) in [7, 11) is 0. The van der Waals surface area contributed by atoms with Gasteiger partial charge < -0.3 is 5.11 Å². The summed E-state index contributed by atoms with van der Waals surface area (Å²) in [5, 5.41) is 9.16. The van der Waals surface area contributed by atoms with Gasteiger partial charge in [-0.1, -0.05) is 12.1 Å². The molecule has 0 bridgehead atoms. The van der Waals surface area contributed by atoms with Gasteiger partial charge in [0.15, 0.2) is 0 Å². The fraction of sp³-hybridized carbons (Fsp3) is 0.462. The van der Waals surface area contributed by atoms with Gasteiger partial charge in [0.05, 0.1) is 5.41 Å². The summed E-state index contributed by atoms with van der Waals surface area (Å²) < 4.78 is 13.5. The number of benzene rings is 1. The maximum atomic E-state index is 13.5. The van der Waals surface area contributed by atoms with Crippen molar-refractivity contribution >= 4 is 5.97 Å². The van der Waals surface area contributed by atoms with Crippen molar-refractivity contribution in [1.82, 2.24) is 0 Å². The normalized spacial score (nSPS) is 19.6. The number of hydrogen-bond acceptors (Lipinski definition) is 1. The van der Waals surface area contributed by atoms with Gasteiger partial charge in [0.2, 0.25) is 0 Å². The number of aliphatic carboxylic acids is 1. The average Bonchev–Trinajstić information content (AvgIpc) is 2.63. The number of carboxylic acids is 1. The Morgan fingerprint density at radius 1 is 1.44 bits per heavy atom. The zero-order valence-corrected chi connectivity index (χ0v) is 9.46. The minimum atomic E-state index is -0.814. The van der Waals surface area contributed by atoms with E-state index in [0.29, 0.717) is 18.4 Å². The lowest BCUT2D eigenvalue weighted by Gasteiger charge is -2.26. The van der Waals surface area contributed by atoms with Crippen molar-refractivity contribution in [2.45, 2.75) is 26.7 Å². The van der Waals surface area contributed by atoms with Crippen LogP contribution in [-0.2, 0) is 17.6 Å². The minimum Gasteiger partial charge on any atom is -0.481 e. The largest absolute Gasteiger partial charge is 0.481 e. The third-order valence-corrected chi connectivity index (χ3v) is 3.70. The molecule has 1 atom stereocenters. The Labute approximate surface area is 94.1 Å². The minimum absolute atomic E-state index is 0.0168. The molecule has 2 nitrogen and oxygen atoms in total. The molecule has 0 saturated heterocycles. The summed E-state index contributed by atoms with van der Waals surface area (Å²) >= 11 is 0. The number of carboxylic acid groups (broad SMARTS) is 1. The van der Waals surface area contributed by atoms with Crippen molar-refractivity contribution < 1.29 is 14.3 Å².